The summed E-state index contributed by atoms with van der Waals surface area (Å²) in [7, 11) is 0. The van der Waals surface area contributed by atoms with Gasteiger partial charge in [0.1, 0.15) is 5.75 Å². The van der Waals surface area contributed by atoms with Gasteiger partial charge < -0.3 is 9.84 Å². The minimum absolute atomic E-state index is 0.604. The van der Waals surface area contributed by atoms with E-state index in [1.165, 1.54) is 5.56 Å². The molecule has 0 aliphatic rings. The summed E-state index contributed by atoms with van der Waals surface area (Å²) in [5, 5.41) is 8.68. The maximum atomic E-state index is 10.6. The minimum atomic E-state index is -0.964. The largest absolute Gasteiger partial charge is 0.493 e. The lowest BCUT2D eigenvalue weighted by atomic mass is 10.1. The molecule has 0 amide bonds. The van der Waals surface area contributed by atoms with Crippen LogP contribution >= 0.6 is 0 Å². The Kier molecular flexibility index (Phi) is 5.59. The number of aliphatic carboxylic acids is 1. The van der Waals surface area contributed by atoms with Crippen LogP contribution in [0.3, 0.4) is 0 Å². The molecule has 2 rings (SSSR count). The number of carboxylic acids is 1. The average molecular weight is 282 g/mol. The lowest BCUT2D eigenvalue weighted by Crippen LogP contribution is -2.00. The maximum Gasteiger partial charge on any atom is 0.328 e. The van der Waals surface area contributed by atoms with Gasteiger partial charge in [0.25, 0.3) is 0 Å². The Hall–Kier alpha value is -2.55. The Labute approximate surface area is 124 Å². The molecule has 3 nitrogen and oxygen atoms in total. The molecule has 2 aromatic carbocycles. The van der Waals surface area contributed by atoms with Crippen molar-refractivity contribution in [3.8, 4) is 5.75 Å². The van der Waals surface area contributed by atoms with Crippen LogP contribution in [0.15, 0.2) is 60.7 Å². The summed E-state index contributed by atoms with van der Waals surface area (Å²) in [5.74, 6) is -0.253. The first-order valence-electron chi connectivity index (χ1n) is 6.92. The van der Waals surface area contributed by atoms with Crippen LogP contribution in [0.2, 0.25) is 0 Å². The van der Waals surface area contributed by atoms with Crippen molar-refractivity contribution in [2.45, 2.75) is 12.8 Å². The van der Waals surface area contributed by atoms with E-state index in [-0.39, 0.29) is 0 Å². The molecule has 3 heteroatoms. The fourth-order valence-electron chi connectivity index (χ4n) is 2.01. The van der Waals surface area contributed by atoms with Crippen LogP contribution in [-0.4, -0.2) is 17.7 Å². The molecule has 0 atom stereocenters. The van der Waals surface area contributed by atoms with E-state index in [4.69, 9.17) is 9.84 Å². The van der Waals surface area contributed by atoms with Crippen LogP contribution in [0.5, 0.6) is 5.75 Å². The highest BCUT2D eigenvalue weighted by Gasteiger charge is 2.00. The van der Waals surface area contributed by atoms with E-state index in [9.17, 15) is 4.79 Å². The number of para-hydroxylation sites is 1. The lowest BCUT2D eigenvalue weighted by molar-refractivity contribution is -0.131. The molecule has 1 N–H and O–H groups in total. The molecular weight excluding hydrogens is 264 g/mol. The number of carboxylic acid groups (broad SMARTS) is 1. The molecule has 0 fully saturated rings. The van der Waals surface area contributed by atoms with Crippen LogP contribution in [-0.2, 0) is 11.2 Å². The second kappa shape index (κ2) is 7.90. The zero-order valence-electron chi connectivity index (χ0n) is 11.7. The number of carbonyl (C=O) groups is 1. The van der Waals surface area contributed by atoms with Crippen LogP contribution < -0.4 is 4.74 Å². The minimum Gasteiger partial charge on any atom is -0.493 e. The fourth-order valence-corrected chi connectivity index (χ4v) is 2.01. The summed E-state index contributed by atoms with van der Waals surface area (Å²) >= 11 is 0. The molecule has 0 bridgehead atoms. The number of benzene rings is 2. The number of hydrogen-bond donors (Lipinski definition) is 1. The van der Waals surface area contributed by atoms with Crippen LogP contribution in [0.1, 0.15) is 17.5 Å². The summed E-state index contributed by atoms with van der Waals surface area (Å²) in [4.78, 5) is 10.6. The van der Waals surface area contributed by atoms with Crippen LogP contribution in [0, 0.1) is 0 Å². The normalized spacial score (nSPS) is 10.7. The van der Waals surface area contributed by atoms with Crippen molar-refractivity contribution >= 4 is 12.0 Å². The van der Waals surface area contributed by atoms with E-state index in [0.29, 0.717) is 12.4 Å². The molecule has 0 unspecified atom stereocenters. The molecule has 0 aromatic heterocycles. The van der Waals surface area contributed by atoms with Gasteiger partial charge in [-0.1, -0.05) is 48.5 Å². The standard InChI is InChI=1S/C18H18O3/c19-18(20)13-12-16-10-4-5-11-17(16)21-14-6-9-15-7-2-1-3-8-15/h1-5,7-8,10-13H,6,9,14H2,(H,19,20)/b13-12+. The fraction of sp³-hybridized carbons (Fsp3) is 0.167. The number of aryl methyl sites for hydroxylation is 1. The molecule has 2 aromatic rings. The Balaban J connectivity index is 1.87. The van der Waals surface area contributed by atoms with Gasteiger partial charge in [-0.05, 0) is 30.5 Å². The lowest BCUT2D eigenvalue weighted by Gasteiger charge is -2.09. The summed E-state index contributed by atoms with van der Waals surface area (Å²) in [6.45, 7) is 0.604. The molecule has 21 heavy (non-hydrogen) atoms. The quantitative estimate of drug-likeness (QED) is 0.620. The second-order valence-electron chi connectivity index (χ2n) is 4.65. The molecule has 0 spiro atoms. The van der Waals surface area contributed by atoms with E-state index in [2.05, 4.69) is 12.1 Å². The predicted molar refractivity (Wildman–Crippen MR) is 83.4 cm³/mol. The number of hydrogen-bond acceptors (Lipinski definition) is 2. The summed E-state index contributed by atoms with van der Waals surface area (Å²) in [6, 6.07) is 17.7. The van der Waals surface area contributed by atoms with E-state index < -0.39 is 5.97 Å². The molecule has 0 heterocycles. The zero-order valence-corrected chi connectivity index (χ0v) is 11.7. The highest BCUT2D eigenvalue weighted by atomic mass is 16.5. The Morgan fingerprint density at radius 1 is 1.05 bits per heavy atom. The van der Waals surface area contributed by atoms with Crippen molar-refractivity contribution in [1.29, 1.82) is 0 Å². The van der Waals surface area contributed by atoms with Gasteiger partial charge in [-0.15, -0.1) is 0 Å². The molecule has 0 saturated carbocycles. The highest BCUT2D eigenvalue weighted by Crippen LogP contribution is 2.19. The second-order valence-corrected chi connectivity index (χ2v) is 4.65. The van der Waals surface area contributed by atoms with Gasteiger partial charge in [0.2, 0.25) is 0 Å². The third kappa shape index (κ3) is 5.15. The van der Waals surface area contributed by atoms with Gasteiger partial charge in [0.15, 0.2) is 0 Å². The first kappa shape index (κ1) is 14.9. The molecule has 0 saturated heterocycles. The van der Waals surface area contributed by atoms with Crippen molar-refractivity contribution in [2.75, 3.05) is 6.61 Å². The molecule has 0 aliphatic heterocycles. The molecule has 108 valence electrons. The van der Waals surface area contributed by atoms with Gasteiger partial charge >= 0.3 is 5.97 Å². The van der Waals surface area contributed by atoms with E-state index in [1.54, 1.807) is 6.08 Å². The van der Waals surface area contributed by atoms with Crippen molar-refractivity contribution < 1.29 is 14.6 Å². The van der Waals surface area contributed by atoms with Crippen molar-refractivity contribution in [3.63, 3.8) is 0 Å². The smallest absolute Gasteiger partial charge is 0.328 e. The number of ether oxygens (including phenoxy) is 1. The van der Waals surface area contributed by atoms with Gasteiger partial charge in [-0.25, -0.2) is 4.79 Å². The topological polar surface area (TPSA) is 46.5 Å². The Morgan fingerprint density at radius 3 is 2.52 bits per heavy atom. The SMILES string of the molecule is O=C(O)/C=C/c1ccccc1OCCCc1ccccc1. The van der Waals surface area contributed by atoms with E-state index >= 15 is 0 Å². The first-order valence-corrected chi connectivity index (χ1v) is 6.92. The third-order valence-corrected chi connectivity index (χ3v) is 3.03. The van der Waals surface area contributed by atoms with E-state index in [0.717, 1.165) is 24.5 Å². The van der Waals surface area contributed by atoms with Gasteiger partial charge in [-0.2, -0.15) is 0 Å². The predicted octanol–water partition coefficient (Wildman–Crippen LogP) is 3.80. The van der Waals surface area contributed by atoms with Crippen molar-refractivity contribution in [1.82, 2.24) is 0 Å². The van der Waals surface area contributed by atoms with Gasteiger partial charge in [0.05, 0.1) is 6.61 Å². The monoisotopic (exact) mass is 282 g/mol. The molecular formula is C18H18O3. The van der Waals surface area contributed by atoms with Crippen LogP contribution in [0.25, 0.3) is 6.08 Å². The summed E-state index contributed by atoms with van der Waals surface area (Å²) in [5.41, 5.74) is 2.07. The summed E-state index contributed by atoms with van der Waals surface area (Å²) < 4.78 is 5.75. The van der Waals surface area contributed by atoms with E-state index in [1.807, 2.05) is 42.5 Å². The van der Waals surface area contributed by atoms with Gasteiger partial charge in [0, 0.05) is 11.6 Å². The molecule has 0 aliphatic carbocycles. The van der Waals surface area contributed by atoms with Crippen molar-refractivity contribution in [3.05, 3.63) is 71.8 Å². The maximum absolute atomic E-state index is 10.6. The van der Waals surface area contributed by atoms with Crippen LogP contribution in [0.4, 0.5) is 0 Å². The van der Waals surface area contributed by atoms with Gasteiger partial charge in [-0.3, -0.25) is 0 Å². The molecule has 0 radical (unpaired) electrons. The zero-order chi connectivity index (χ0) is 14.9. The highest BCUT2D eigenvalue weighted by molar-refractivity contribution is 5.85. The third-order valence-electron chi connectivity index (χ3n) is 3.03. The number of rotatable bonds is 7. The average Bonchev–Trinajstić information content (AvgIpc) is 2.51. The van der Waals surface area contributed by atoms with Crippen molar-refractivity contribution in [2.24, 2.45) is 0 Å². The Bertz CT molecular complexity index is 603. The first-order chi connectivity index (χ1) is 10.3. The Morgan fingerprint density at radius 2 is 1.76 bits per heavy atom. The summed E-state index contributed by atoms with van der Waals surface area (Å²) in [6.07, 6.45) is 4.55.